The lowest BCUT2D eigenvalue weighted by atomic mass is 9.85. The van der Waals surface area contributed by atoms with Gasteiger partial charge in [-0.15, -0.1) is 0 Å². The van der Waals surface area contributed by atoms with Gasteiger partial charge in [-0.25, -0.2) is 0 Å². The molecule has 7 aromatic rings. The lowest BCUT2D eigenvalue weighted by molar-refractivity contribution is 1.79. The maximum absolute atomic E-state index is 2.35. The van der Waals surface area contributed by atoms with Gasteiger partial charge < -0.3 is 0 Å². The molecule has 0 saturated carbocycles. The highest BCUT2D eigenvalue weighted by Crippen LogP contribution is 2.45. The molecule has 0 radical (unpaired) electrons. The molecule has 0 heteroatoms. The highest BCUT2D eigenvalue weighted by molar-refractivity contribution is 6.41. The van der Waals surface area contributed by atoms with E-state index in [9.17, 15) is 0 Å². The first-order chi connectivity index (χ1) is 13.9. The van der Waals surface area contributed by atoms with E-state index in [4.69, 9.17) is 0 Å². The van der Waals surface area contributed by atoms with E-state index >= 15 is 0 Å². The molecule has 128 valence electrons. The lowest BCUT2D eigenvalue weighted by Gasteiger charge is -2.18. The van der Waals surface area contributed by atoms with Crippen LogP contribution in [-0.4, -0.2) is 0 Å². The smallest absolute Gasteiger partial charge is 0.000786 e. The second kappa shape index (κ2) is 4.99. The summed E-state index contributed by atoms with van der Waals surface area (Å²) in [5, 5.41) is 16.2. The normalized spacial score (nSPS) is 12.3. The Labute approximate surface area is 162 Å². The lowest BCUT2D eigenvalue weighted by Crippen LogP contribution is -1.89. The predicted octanol–water partition coefficient (Wildman–Crippen LogP) is 8.04. The van der Waals surface area contributed by atoms with Crippen molar-refractivity contribution in [2.75, 3.05) is 0 Å². The Morgan fingerprint density at radius 2 is 0.893 bits per heavy atom. The molecule has 0 aromatic heterocycles. The Morgan fingerprint density at radius 3 is 1.79 bits per heavy atom. The van der Waals surface area contributed by atoms with Crippen molar-refractivity contribution in [3.05, 3.63) is 97.1 Å². The Hall–Kier alpha value is -3.64. The summed E-state index contributed by atoms with van der Waals surface area (Å²) in [4.78, 5) is 0. The number of hydrogen-bond acceptors (Lipinski definition) is 0. The van der Waals surface area contributed by atoms with E-state index in [1.54, 1.807) is 0 Å². The standard InChI is InChI=1S/C28H16/c1-3-9-21-17(6-1)14-15-24-23-11-5-8-18-12-13-20-16-19-7-2-4-10-22(19)28(27(21)24)26(20)25(18)23/h1-16H. The fourth-order valence-corrected chi connectivity index (χ4v) is 5.19. The van der Waals surface area contributed by atoms with Crippen LogP contribution in [0.3, 0.4) is 0 Å². The van der Waals surface area contributed by atoms with Gasteiger partial charge in [0.25, 0.3) is 0 Å². The van der Waals surface area contributed by atoms with Crippen LogP contribution in [0.5, 0.6) is 0 Å². The van der Waals surface area contributed by atoms with Crippen molar-refractivity contribution in [3.63, 3.8) is 0 Å². The van der Waals surface area contributed by atoms with Crippen LogP contribution in [0.15, 0.2) is 97.1 Å². The van der Waals surface area contributed by atoms with E-state index < -0.39 is 0 Å². The molecule has 0 fully saturated rings. The van der Waals surface area contributed by atoms with Gasteiger partial charge in [0.05, 0.1) is 0 Å². The van der Waals surface area contributed by atoms with Crippen molar-refractivity contribution in [1.82, 2.24) is 0 Å². The van der Waals surface area contributed by atoms with E-state index in [1.165, 1.54) is 64.6 Å². The fourth-order valence-electron chi connectivity index (χ4n) is 5.19. The first-order valence-corrected chi connectivity index (χ1v) is 9.80. The molecule has 0 N–H and O–H groups in total. The monoisotopic (exact) mass is 352 g/mol. The minimum absolute atomic E-state index is 1.30. The molecule has 0 saturated heterocycles. The zero-order valence-corrected chi connectivity index (χ0v) is 15.2. The molecule has 7 aromatic carbocycles. The predicted molar refractivity (Wildman–Crippen MR) is 123 cm³/mol. The van der Waals surface area contributed by atoms with Crippen LogP contribution < -0.4 is 0 Å². The summed E-state index contributed by atoms with van der Waals surface area (Å²) in [6.45, 7) is 0. The zero-order valence-electron chi connectivity index (χ0n) is 15.2. The first kappa shape index (κ1) is 14.4. The van der Waals surface area contributed by atoms with E-state index in [0.717, 1.165) is 0 Å². The van der Waals surface area contributed by atoms with E-state index in [2.05, 4.69) is 97.1 Å². The molecule has 0 aliphatic carbocycles. The third kappa shape index (κ3) is 1.66. The summed E-state index contributed by atoms with van der Waals surface area (Å²) in [5.41, 5.74) is 0. The van der Waals surface area contributed by atoms with Crippen LogP contribution in [0, 0.1) is 0 Å². The second-order valence-corrected chi connectivity index (χ2v) is 7.75. The maximum atomic E-state index is 2.35. The molecule has 0 bridgehead atoms. The molecule has 0 amide bonds. The molecule has 0 spiro atoms. The van der Waals surface area contributed by atoms with Gasteiger partial charge in [-0.2, -0.15) is 0 Å². The average Bonchev–Trinajstić information content (AvgIpc) is 2.76. The van der Waals surface area contributed by atoms with Crippen LogP contribution in [-0.2, 0) is 0 Å². The SMILES string of the molecule is c1ccc2c(c1)ccc1c3cccc4ccc5cc6ccccc6c(c21)c5c43. The molecule has 0 aliphatic rings. The van der Waals surface area contributed by atoms with Crippen molar-refractivity contribution >= 4 is 64.6 Å². The third-order valence-corrected chi connectivity index (χ3v) is 6.34. The van der Waals surface area contributed by atoms with Gasteiger partial charge in [0.1, 0.15) is 0 Å². The van der Waals surface area contributed by atoms with Gasteiger partial charge in [0, 0.05) is 0 Å². The third-order valence-electron chi connectivity index (χ3n) is 6.34. The quantitative estimate of drug-likeness (QED) is 0.191. The van der Waals surface area contributed by atoms with Crippen molar-refractivity contribution in [2.24, 2.45) is 0 Å². The zero-order chi connectivity index (χ0) is 18.2. The van der Waals surface area contributed by atoms with Crippen LogP contribution >= 0.6 is 0 Å². The van der Waals surface area contributed by atoms with Gasteiger partial charge in [-0.05, 0) is 70.7 Å². The molecule has 0 aliphatic heterocycles. The van der Waals surface area contributed by atoms with Gasteiger partial charge in [0.15, 0.2) is 0 Å². The Kier molecular flexibility index (Phi) is 2.57. The van der Waals surface area contributed by atoms with Crippen molar-refractivity contribution in [2.45, 2.75) is 0 Å². The summed E-state index contributed by atoms with van der Waals surface area (Å²) in [6, 6.07) is 35.8. The highest BCUT2D eigenvalue weighted by Gasteiger charge is 2.17. The molecular weight excluding hydrogens is 336 g/mol. The summed E-state index contributed by atoms with van der Waals surface area (Å²) in [5.74, 6) is 0. The first-order valence-electron chi connectivity index (χ1n) is 9.80. The van der Waals surface area contributed by atoms with Crippen molar-refractivity contribution < 1.29 is 0 Å². The maximum Gasteiger partial charge on any atom is -0.000786 e. The fraction of sp³-hybridized carbons (Fsp3) is 0. The number of rotatable bonds is 0. The summed E-state index contributed by atoms with van der Waals surface area (Å²) in [6.07, 6.45) is 0. The Morgan fingerprint density at radius 1 is 0.286 bits per heavy atom. The van der Waals surface area contributed by atoms with E-state index in [0.29, 0.717) is 0 Å². The topological polar surface area (TPSA) is 0 Å². The molecule has 0 atom stereocenters. The van der Waals surface area contributed by atoms with Crippen molar-refractivity contribution in [1.29, 1.82) is 0 Å². The Balaban J connectivity index is 2.00. The summed E-state index contributed by atoms with van der Waals surface area (Å²) < 4.78 is 0. The molecule has 7 rings (SSSR count). The second-order valence-electron chi connectivity index (χ2n) is 7.75. The molecule has 0 heterocycles. The Bertz CT molecular complexity index is 1700. The van der Waals surface area contributed by atoms with Gasteiger partial charge in [-0.3, -0.25) is 0 Å². The minimum Gasteiger partial charge on any atom is -0.0616 e. The van der Waals surface area contributed by atoms with Crippen LogP contribution in [0.25, 0.3) is 64.6 Å². The van der Waals surface area contributed by atoms with Gasteiger partial charge >= 0.3 is 0 Å². The van der Waals surface area contributed by atoms with E-state index in [1.807, 2.05) is 0 Å². The number of hydrogen-bond donors (Lipinski definition) is 0. The average molecular weight is 352 g/mol. The van der Waals surface area contributed by atoms with Crippen LogP contribution in [0.1, 0.15) is 0 Å². The van der Waals surface area contributed by atoms with Gasteiger partial charge in [0.2, 0.25) is 0 Å². The summed E-state index contributed by atoms with van der Waals surface area (Å²) >= 11 is 0. The van der Waals surface area contributed by atoms with Crippen LogP contribution in [0.4, 0.5) is 0 Å². The largest absolute Gasteiger partial charge is 0.0616 e. The van der Waals surface area contributed by atoms with Crippen molar-refractivity contribution in [3.8, 4) is 0 Å². The minimum atomic E-state index is 1.30. The van der Waals surface area contributed by atoms with E-state index in [-0.39, 0.29) is 0 Å². The highest BCUT2D eigenvalue weighted by atomic mass is 14.2. The number of benzene rings is 7. The van der Waals surface area contributed by atoms with Gasteiger partial charge in [-0.1, -0.05) is 91.0 Å². The number of fused-ring (bicyclic) bond motifs is 7. The molecule has 0 unspecified atom stereocenters. The summed E-state index contributed by atoms with van der Waals surface area (Å²) in [7, 11) is 0. The molecule has 28 heavy (non-hydrogen) atoms. The molecular formula is C28H16. The molecule has 0 nitrogen and oxygen atoms in total. The van der Waals surface area contributed by atoms with Crippen LogP contribution in [0.2, 0.25) is 0 Å².